The van der Waals surface area contributed by atoms with Gasteiger partial charge >= 0.3 is 0 Å². The zero-order valence-corrected chi connectivity index (χ0v) is 12.7. The van der Waals surface area contributed by atoms with Gasteiger partial charge in [-0.05, 0) is 31.2 Å². The Morgan fingerprint density at radius 1 is 1.10 bits per heavy atom. The Hall–Kier alpha value is -1.80. The summed E-state index contributed by atoms with van der Waals surface area (Å²) >= 11 is 0. The van der Waals surface area contributed by atoms with Gasteiger partial charge in [-0.15, -0.1) is 0 Å². The van der Waals surface area contributed by atoms with Crippen LogP contribution in [0.5, 0.6) is 5.75 Å². The Balaban J connectivity index is 1.89. The van der Waals surface area contributed by atoms with Crippen molar-refractivity contribution in [2.24, 2.45) is 0 Å². The quantitative estimate of drug-likeness (QED) is 0.789. The van der Waals surface area contributed by atoms with Gasteiger partial charge in [0.1, 0.15) is 11.4 Å². The molecule has 1 fully saturated rings. The van der Waals surface area contributed by atoms with Crippen molar-refractivity contribution < 1.29 is 4.74 Å². The third kappa shape index (κ3) is 1.82. The predicted octanol–water partition coefficient (Wildman–Crippen LogP) is 3.70. The largest absolute Gasteiger partial charge is 0.482 e. The van der Waals surface area contributed by atoms with Crippen LogP contribution < -0.4 is 4.74 Å². The lowest BCUT2D eigenvalue weighted by Gasteiger charge is -2.43. The molecule has 1 saturated heterocycles. The summed E-state index contributed by atoms with van der Waals surface area (Å²) in [6.45, 7) is 4.34. The monoisotopic (exact) mass is 279 g/mol. The maximum absolute atomic E-state index is 6.59. The molecule has 21 heavy (non-hydrogen) atoms. The highest BCUT2D eigenvalue weighted by atomic mass is 16.5. The van der Waals surface area contributed by atoms with Crippen LogP contribution in [0.2, 0.25) is 0 Å². The Morgan fingerprint density at radius 3 is 2.71 bits per heavy atom. The number of rotatable bonds is 1. The van der Waals surface area contributed by atoms with Gasteiger partial charge in [0.15, 0.2) is 0 Å². The molecule has 2 aromatic rings. The average molecular weight is 279 g/mol. The van der Waals surface area contributed by atoms with E-state index in [9.17, 15) is 0 Å². The molecule has 2 atom stereocenters. The highest BCUT2D eigenvalue weighted by molar-refractivity contribution is 5.49. The minimum Gasteiger partial charge on any atom is -0.482 e. The van der Waals surface area contributed by atoms with E-state index in [1.54, 1.807) is 0 Å². The van der Waals surface area contributed by atoms with Crippen molar-refractivity contribution in [3.63, 3.8) is 0 Å². The van der Waals surface area contributed by atoms with Gasteiger partial charge in [0.2, 0.25) is 0 Å². The lowest BCUT2D eigenvalue weighted by molar-refractivity contribution is 0.00652. The molecular weight excluding hydrogens is 258 g/mol. The Bertz CT molecular complexity index is 681. The first-order chi connectivity index (χ1) is 10.2. The summed E-state index contributed by atoms with van der Waals surface area (Å²) in [6.07, 6.45) is 1.05. The molecule has 0 bridgehead atoms. The molecule has 2 unspecified atom stereocenters. The number of ether oxygens (including phenoxy) is 1. The fraction of sp³-hybridized carbons (Fsp3) is 0.368. The number of likely N-dealkylation sites (N-methyl/N-ethyl adjacent to an activating group) is 1. The number of para-hydroxylation sites is 1. The van der Waals surface area contributed by atoms with E-state index in [1.807, 2.05) is 0 Å². The highest BCUT2D eigenvalue weighted by Gasteiger charge is 2.52. The molecular formula is C19H21NO. The van der Waals surface area contributed by atoms with E-state index in [-0.39, 0.29) is 5.60 Å². The summed E-state index contributed by atoms with van der Waals surface area (Å²) in [5.74, 6) is 1.50. The van der Waals surface area contributed by atoms with Gasteiger partial charge in [-0.1, -0.05) is 42.5 Å². The fourth-order valence-electron chi connectivity index (χ4n) is 4.04. The van der Waals surface area contributed by atoms with E-state index >= 15 is 0 Å². The number of aryl methyl sites for hydroxylation is 1. The maximum atomic E-state index is 6.59. The van der Waals surface area contributed by atoms with Crippen LogP contribution in [0, 0.1) is 6.92 Å². The van der Waals surface area contributed by atoms with Gasteiger partial charge in [-0.25, -0.2) is 0 Å². The topological polar surface area (TPSA) is 12.5 Å². The van der Waals surface area contributed by atoms with E-state index in [4.69, 9.17) is 4.74 Å². The molecule has 0 aromatic heterocycles. The lowest BCUT2D eigenvalue weighted by atomic mass is 9.73. The number of hydrogen-bond donors (Lipinski definition) is 0. The van der Waals surface area contributed by atoms with Crippen LogP contribution in [0.25, 0.3) is 0 Å². The van der Waals surface area contributed by atoms with E-state index in [2.05, 4.69) is 67.4 Å². The standard InChI is InChI=1S/C19H21NO/c1-14-7-3-5-9-16(14)19-11-12-20(2)13-17(19)15-8-4-6-10-18(15)21-19/h3-10,17H,11-13H2,1-2H3. The molecule has 2 heteroatoms. The summed E-state index contributed by atoms with van der Waals surface area (Å²) in [4.78, 5) is 2.42. The van der Waals surface area contributed by atoms with Gasteiger partial charge in [0.25, 0.3) is 0 Å². The van der Waals surface area contributed by atoms with Crippen molar-refractivity contribution >= 4 is 0 Å². The average Bonchev–Trinajstić information content (AvgIpc) is 2.83. The zero-order chi connectivity index (χ0) is 14.4. The Labute approximate surface area is 126 Å². The van der Waals surface area contributed by atoms with Gasteiger partial charge < -0.3 is 9.64 Å². The van der Waals surface area contributed by atoms with E-state index in [0.29, 0.717) is 5.92 Å². The van der Waals surface area contributed by atoms with Crippen molar-refractivity contribution in [3.05, 3.63) is 65.2 Å². The normalized spacial score (nSPS) is 27.8. The molecule has 2 aliphatic rings. The second-order valence-corrected chi connectivity index (χ2v) is 6.41. The van der Waals surface area contributed by atoms with Crippen LogP contribution in [0.3, 0.4) is 0 Å². The first-order valence-electron chi connectivity index (χ1n) is 7.73. The second kappa shape index (κ2) is 4.60. The van der Waals surface area contributed by atoms with Crippen molar-refractivity contribution in [2.75, 3.05) is 20.1 Å². The van der Waals surface area contributed by atoms with E-state index in [1.165, 1.54) is 16.7 Å². The number of piperidine rings is 1. The predicted molar refractivity (Wildman–Crippen MR) is 84.8 cm³/mol. The maximum Gasteiger partial charge on any atom is 0.144 e. The third-order valence-electron chi connectivity index (χ3n) is 5.11. The van der Waals surface area contributed by atoms with Crippen LogP contribution in [0.4, 0.5) is 0 Å². The Kier molecular flexibility index (Phi) is 2.83. The van der Waals surface area contributed by atoms with Crippen molar-refractivity contribution in [2.45, 2.75) is 24.9 Å². The first kappa shape index (κ1) is 12.9. The molecule has 2 nitrogen and oxygen atoms in total. The SMILES string of the molecule is Cc1ccccc1C12CCN(C)CC1c1ccccc1O2. The molecule has 2 aliphatic heterocycles. The van der Waals surface area contributed by atoms with Crippen LogP contribution >= 0.6 is 0 Å². The van der Waals surface area contributed by atoms with Crippen molar-refractivity contribution in [1.82, 2.24) is 4.90 Å². The molecule has 0 amide bonds. The van der Waals surface area contributed by atoms with Gasteiger partial charge in [-0.2, -0.15) is 0 Å². The molecule has 0 spiro atoms. The number of fused-ring (bicyclic) bond motifs is 3. The van der Waals surface area contributed by atoms with Crippen LogP contribution in [-0.4, -0.2) is 25.0 Å². The third-order valence-corrected chi connectivity index (χ3v) is 5.11. The molecule has 2 heterocycles. The second-order valence-electron chi connectivity index (χ2n) is 6.41. The molecule has 2 aromatic carbocycles. The molecule has 0 radical (unpaired) electrons. The van der Waals surface area contributed by atoms with Crippen molar-refractivity contribution in [3.8, 4) is 5.75 Å². The number of likely N-dealkylation sites (tertiary alicyclic amines) is 1. The lowest BCUT2D eigenvalue weighted by Crippen LogP contribution is -2.48. The van der Waals surface area contributed by atoms with Gasteiger partial charge in [-0.3, -0.25) is 0 Å². The first-order valence-corrected chi connectivity index (χ1v) is 7.73. The summed E-state index contributed by atoms with van der Waals surface area (Å²) in [5, 5.41) is 0. The van der Waals surface area contributed by atoms with Crippen LogP contribution in [0.15, 0.2) is 48.5 Å². The van der Waals surface area contributed by atoms with Crippen molar-refractivity contribution in [1.29, 1.82) is 0 Å². The van der Waals surface area contributed by atoms with E-state index in [0.717, 1.165) is 25.3 Å². The number of benzene rings is 2. The summed E-state index contributed by atoms with van der Waals surface area (Å²) < 4.78 is 6.59. The highest BCUT2D eigenvalue weighted by Crippen LogP contribution is 2.54. The number of hydrogen-bond acceptors (Lipinski definition) is 2. The van der Waals surface area contributed by atoms with E-state index < -0.39 is 0 Å². The zero-order valence-electron chi connectivity index (χ0n) is 12.7. The summed E-state index contributed by atoms with van der Waals surface area (Å²) in [5.41, 5.74) is 3.88. The smallest absolute Gasteiger partial charge is 0.144 e. The van der Waals surface area contributed by atoms with Gasteiger partial charge in [0.05, 0.1) is 0 Å². The van der Waals surface area contributed by atoms with Crippen LogP contribution in [0.1, 0.15) is 29.0 Å². The fourth-order valence-corrected chi connectivity index (χ4v) is 4.04. The minimum absolute atomic E-state index is 0.179. The Morgan fingerprint density at radius 2 is 1.86 bits per heavy atom. The summed E-state index contributed by atoms with van der Waals surface area (Å²) in [6, 6.07) is 17.3. The molecule has 108 valence electrons. The summed E-state index contributed by atoms with van der Waals surface area (Å²) in [7, 11) is 2.21. The molecule has 0 aliphatic carbocycles. The molecule has 4 rings (SSSR count). The number of nitrogens with zero attached hydrogens (tertiary/aromatic N) is 1. The van der Waals surface area contributed by atoms with Gasteiger partial charge in [0, 0.05) is 31.0 Å². The molecule has 0 saturated carbocycles. The molecule has 0 N–H and O–H groups in total. The minimum atomic E-state index is -0.179. The van der Waals surface area contributed by atoms with Crippen LogP contribution in [-0.2, 0) is 5.60 Å².